The van der Waals surface area contributed by atoms with Crippen molar-refractivity contribution < 1.29 is 4.39 Å². The molecule has 0 radical (unpaired) electrons. The van der Waals surface area contributed by atoms with Gasteiger partial charge in [0.1, 0.15) is 0 Å². The van der Waals surface area contributed by atoms with Crippen LogP contribution in [0.4, 0.5) is 4.39 Å². The minimum Gasteiger partial charge on any atom is -0.298 e. The summed E-state index contributed by atoms with van der Waals surface area (Å²) in [6, 6.07) is 10.2. The number of hydrogen-bond donors (Lipinski definition) is 0. The lowest BCUT2D eigenvalue weighted by Gasteiger charge is -2.20. The van der Waals surface area contributed by atoms with Gasteiger partial charge in [-0.25, -0.2) is 0 Å². The molecule has 0 saturated heterocycles. The highest BCUT2D eigenvalue weighted by atomic mass is 35.5. The number of halogens is 2. The molecule has 0 aliphatic heterocycles. The maximum absolute atomic E-state index is 12.1. The zero-order valence-corrected chi connectivity index (χ0v) is 9.59. The molecular formula is C12H17ClFN. The summed E-state index contributed by atoms with van der Waals surface area (Å²) >= 11 is 5.71. The first-order chi connectivity index (χ1) is 7.36. The van der Waals surface area contributed by atoms with Gasteiger partial charge in [-0.05, 0) is 12.0 Å². The smallest absolute Gasteiger partial charge is 0.0906 e. The third-order valence-corrected chi connectivity index (χ3v) is 2.43. The normalized spacial score (nSPS) is 10.9. The average Bonchev–Trinajstić information content (AvgIpc) is 2.28. The number of alkyl halides is 2. The third-order valence-electron chi connectivity index (χ3n) is 2.26. The molecule has 1 nitrogen and oxygen atoms in total. The third kappa shape index (κ3) is 5.14. The van der Waals surface area contributed by atoms with Crippen LogP contribution < -0.4 is 0 Å². The van der Waals surface area contributed by atoms with E-state index in [1.54, 1.807) is 0 Å². The highest BCUT2D eigenvalue weighted by Crippen LogP contribution is 2.05. The molecule has 0 aromatic heterocycles. The molecule has 1 aromatic carbocycles. The molecule has 0 aliphatic carbocycles. The average molecular weight is 230 g/mol. The monoisotopic (exact) mass is 229 g/mol. The molecule has 0 aliphatic rings. The first-order valence-electron chi connectivity index (χ1n) is 5.25. The zero-order chi connectivity index (χ0) is 10.9. The summed E-state index contributed by atoms with van der Waals surface area (Å²) in [4.78, 5) is 2.18. The molecule has 1 rings (SSSR count). The van der Waals surface area contributed by atoms with Crippen molar-refractivity contribution in [3.05, 3.63) is 35.9 Å². The molecule has 0 saturated carbocycles. The van der Waals surface area contributed by atoms with E-state index in [0.717, 1.165) is 19.6 Å². The maximum Gasteiger partial charge on any atom is 0.0906 e. The van der Waals surface area contributed by atoms with Crippen LogP contribution in [0.25, 0.3) is 0 Å². The first-order valence-corrected chi connectivity index (χ1v) is 5.78. The minimum atomic E-state index is -0.256. The van der Waals surface area contributed by atoms with Crippen molar-refractivity contribution in [1.82, 2.24) is 4.90 Å². The molecule has 0 amide bonds. The van der Waals surface area contributed by atoms with Crippen LogP contribution in [-0.4, -0.2) is 30.5 Å². The predicted molar refractivity (Wildman–Crippen MR) is 63.0 cm³/mol. The van der Waals surface area contributed by atoms with E-state index in [-0.39, 0.29) is 6.67 Å². The standard InChI is InChI=1S/C12H17ClFN/c13-7-10-15(9-4-8-14)11-12-5-2-1-3-6-12/h1-3,5-6H,4,7-11H2. The predicted octanol–water partition coefficient (Wildman–Crippen LogP) is 3.09. The Morgan fingerprint density at radius 1 is 1.13 bits per heavy atom. The Kier molecular flexibility index (Phi) is 6.37. The molecule has 0 unspecified atom stereocenters. The molecule has 84 valence electrons. The van der Waals surface area contributed by atoms with Gasteiger partial charge in [-0.15, -0.1) is 11.6 Å². The van der Waals surface area contributed by atoms with E-state index < -0.39 is 0 Å². The lowest BCUT2D eigenvalue weighted by Crippen LogP contribution is -2.26. The second-order valence-electron chi connectivity index (χ2n) is 3.49. The van der Waals surface area contributed by atoms with Crippen molar-refractivity contribution >= 4 is 11.6 Å². The van der Waals surface area contributed by atoms with E-state index in [2.05, 4.69) is 17.0 Å². The van der Waals surface area contributed by atoms with Gasteiger partial charge in [-0.3, -0.25) is 9.29 Å². The second-order valence-corrected chi connectivity index (χ2v) is 3.87. The summed E-state index contributed by atoms with van der Waals surface area (Å²) in [5.74, 6) is 0.596. The molecule has 1 aromatic rings. The van der Waals surface area contributed by atoms with Crippen LogP contribution in [0.1, 0.15) is 12.0 Å². The van der Waals surface area contributed by atoms with Gasteiger partial charge in [-0.2, -0.15) is 0 Å². The van der Waals surface area contributed by atoms with Gasteiger partial charge < -0.3 is 0 Å². The summed E-state index contributed by atoms with van der Waals surface area (Å²) in [6.45, 7) is 2.19. The maximum atomic E-state index is 12.1. The highest BCUT2D eigenvalue weighted by molar-refractivity contribution is 6.18. The number of nitrogens with zero attached hydrogens (tertiary/aromatic N) is 1. The molecule has 0 fully saturated rings. The molecular weight excluding hydrogens is 213 g/mol. The SMILES string of the molecule is FCCCN(CCCl)Cc1ccccc1. The van der Waals surface area contributed by atoms with Gasteiger partial charge in [0.05, 0.1) is 6.67 Å². The summed E-state index contributed by atoms with van der Waals surface area (Å²) in [5, 5.41) is 0. The van der Waals surface area contributed by atoms with Crippen molar-refractivity contribution in [2.45, 2.75) is 13.0 Å². The highest BCUT2D eigenvalue weighted by Gasteiger charge is 2.04. The van der Waals surface area contributed by atoms with E-state index in [1.807, 2.05) is 18.2 Å². The molecule has 15 heavy (non-hydrogen) atoms. The van der Waals surface area contributed by atoms with Gasteiger partial charge in [0.25, 0.3) is 0 Å². The van der Waals surface area contributed by atoms with Gasteiger partial charge in [-0.1, -0.05) is 30.3 Å². The fourth-order valence-corrected chi connectivity index (χ4v) is 1.75. The quantitative estimate of drug-likeness (QED) is 0.650. The molecule has 0 atom stereocenters. The van der Waals surface area contributed by atoms with Crippen molar-refractivity contribution in [2.75, 3.05) is 25.6 Å². The van der Waals surface area contributed by atoms with E-state index in [4.69, 9.17) is 11.6 Å². The topological polar surface area (TPSA) is 3.24 Å². The van der Waals surface area contributed by atoms with Crippen LogP contribution in [0.15, 0.2) is 30.3 Å². The van der Waals surface area contributed by atoms with Crippen molar-refractivity contribution in [3.63, 3.8) is 0 Å². The summed E-state index contributed by atoms with van der Waals surface area (Å²) in [5.41, 5.74) is 1.25. The van der Waals surface area contributed by atoms with Gasteiger partial charge in [0, 0.05) is 25.5 Å². The van der Waals surface area contributed by atoms with E-state index in [0.29, 0.717) is 12.3 Å². The Labute approximate surface area is 95.8 Å². The Bertz CT molecular complexity index is 253. The van der Waals surface area contributed by atoms with Crippen LogP contribution in [-0.2, 0) is 6.54 Å². The lowest BCUT2D eigenvalue weighted by atomic mass is 10.2. The van der Waals surface area contributed by atoms with Crippen LogP contribution in [0, 0.1) is 0 Å². The fourth-order valence-electron chi connectivity index (χ4n) is 1.51. The Hall–Kier alpha value is -0.600. The first kappa shape index (κ1) is 12.5. The van der Waals surface area contributed by atoms with Crippen LogP contribution in [0.3, 0.4) is 0 Å². The number of rotatable bonds is 7. The number of hydrogen-bond acceptors (Lipinski definition) is 1. The largest absolute Gasteiger partial charge is 0.298 e. The molecule has 3 heteroatoms. The summed E-state index contributed by atoms with van der Waals surface area (Å²) in [6.07, 6.45) is 0.587. The minimum absolute atomic E-state index is 0.256. The molecule has 0 N–H and O–H groups in total. The molecule has 0 bridgehead atoms. The Morgan fingerprint density at radius 3 is 2.47 bits per heavy atom. The van der Waals surface area contributed by atoms with Crippen LogP contribution >= 0.6 is 11.6 Å². The van der Waals surface area contributed by atoms with E-state index in [1.165, 1.54) is 5.56 Å². The van der Waals surface area contributed by atoms with Gasteiger partial charge >= 0.3 is 0 Å². The van der Waals surface area contributed by atoms with Crippen LogP contribution in [0.2, 0.25) is 0 Å². The van der Waals surface area contributed by atoms with Crippen LogP contribution in [0.5, 0.6) is 0 Å². The summed E-state index contributed by atoms with van der Waals surface area (Å²) < 4.78 is 12.1. The van der Waals surface area contributed by atoms with Gasteiger partial charge in [0.2, 0.25) is 0 Å². The number of benzene rings is 1. The Balaban J connectivity index is 2.43. The van der Waals surface area contributed by atoms with Crippen molar-refractivity contribution in [1.29, 1.82) is 0 Å². The molecule has 0 heterocycles. The molecule has 0 spiro atoms. The fraction of sp³-hybridized carbons (Fsp3) is 0.500. The summed E-state index contributed by atoms with van der Waals surface area (Å²) in [7, 11) is 0. The van der Waals surface area contributed by atoms with Crippen molar-refractivity contribution in [3.8, 4) is 0 Å². The van der Waals surface area contributed by atoms with E-state index >= 15 is 0 Å². The Morgan fingerprint density at radius 2 is 1.87 bits per heavy atom. The zero-order valence-electron chi connectivity index (χ0n) is 8.83. The second kappa shape index (κ2) is 7.66. The van der Waals surface area contributed by atoms with Gasteiger partial charge in [0.15, 0.2) is 0 Å². The van der Waals surface area contributed by atoms with E-state index in [9.17, 15) is 4.39 Å². The van der Waals surface area contributed by atoms with Crippen molar-refractivity contribution in [2.24, 2.45) is 0 Å². The lowest BCUT2D eigenvalue weighted by molar-refractivity contribution is 0.265.